The number of morpholine rings is 1. The SMILES string of the molecule is Cc1[nH]c(=O)[nH]c(=O)c1CC(=O)N1C[C@@H](c2ccccc2)O[C@@H](C(C)(C)C)C1. The van der Waals surface area contributed by atoms with E-state index in [1.807, 2.05) is 30.3 Å². The van der Waals surface area contributed by atoms with Gasteiger partial charge in [0.2, 0.25) is 5.91 Å². The van der Waals surface area contributed by atoms with Crippen LogP contribution in [0.2, 0.25) is 0 Å². The molecule has 28 heavy (non-hydrogen) atoms. The highest BCUT2D eigenvalue weighted by Crippen LogP contribution is 2.33. The highest BCUT2D eigenvalue weighted by molar-refractivity contribution is 5.79. The van der Waals surface area contributed by atoms with Gasteiger partial charge in [-0.25, -0.2) is 4.79 Å². The Morgan fingerprint density at radius 3 is 2.43 bits per heavy atom. The van der Waals surface area contributed by atoms with E-state index in [2.05, 4.69) is 30.7 Å². The molecule has 0 saturated carbocycles. The van der Waals surface area contributed by atoms with Gasteiger partial charge in [-0.2, -0.15) is 0 Å². The van der Waals surface area contributed by atoms with Crippen molar-refractivity contribution in [2.75, 3.05) is 13.1 Å². The highest BCUT2D eigenvalue weighted by atomic mass is 16.5. The van der Waals surface area contributed by atoms with Crippen molar-refractivity contribution in [1.82, 2.24) is 14.9 Å². The first-order valence-corrected chi connectivity index (χ1v) is 9.45. The summed E-state index contributed by atoms with van der Waals surface area (Å²) in [7, 11) is 0. The Hall–Kier alpha value is -2.67. The minimum absolute atomic E-state index is 0.0592. The highest BCUT2D eigenvalue weighted by Gasteiger charge is 2.37. The molecule has 1 aromatic carbocycles. The van der Waals surface area contributed by atoms with Gasteiger partial charge in [0, 0.05) is 17.8 Å². The summed E-state index contributed by atoms with van der Waals surface area (Å²) in [5.41, 5.74) is 0.503. The lowest BCUT2D eigenvalue weighted by atomic mass is 9.87. The lowest BCUT2D eigenvalue weighted by molar-refractivity contribution is -0.156. The maximum absolute atomic E-state index is 13.0. The lowest BCUT2D eigenvalue weighted by Crippen LogP contribution is -2.51. The maximum atomic E-state index is 13.0. The van der Waals surface area contributed by atoms with Crippen molar-refractivity contribution in [2.45, 2.75) is 46.3 Å². The summed E-state index contributed by atoms with van der Waals surface area (Å²) in [5.74, 6) is -0.154. The summed E-state index contributed by atoms with van der Waals surface area (Å²) in [5, 5.41) is 0. The van der Waals surface area contributed by atoms with Crippen LogP contribution in [0.4, 0.5) is 0 Å². The lowest BCUT2D eigenvalue weighted by Gasteiger charge is -2.43. The van der Waals surface area contributed by atoms with Gasteiger partial charge < -0.3 is 14.6 Å². The Morgan fingerprint density at radius 2 is 1.82 bits per heavy atom. The number of carbonyl (C=O) groups excluding carboxylic acids is 1. The number of hydrogen-bond donors (Lipinski definition) is 2. The van der Waals surface area contributed by atoms with Crippen molar-refractivity contribution < 1.29 is 9.53 Å². The third-order valence-electron chi connectivity index (χ3n) is 5.17. The fraction of sp³-hybridized carbons (Fsp3) is 0.476. The zero-order valence-corrected chi connectivity index (χ0v) is 16.7. The number of aryl methyl sites for hydroxylation is 1. The van der Waals surface area contributed by atoms with Crippen molar-refractivity contribution in [1.29, 1.82) is 0 Å². The van der Waals surface area contributed by atoms with Crippen molar-refractivity contribution in [3.63, 3.8) is 0 Å². The van der Waals surface area contributed by atoms with Crippen molar-refractivity contribution >= 4 is 5.91 Å². The summed E-state index contributed by atoms with van der Waals surface area (Å²) in [4.78, 5) is 43.0. The molecule has 1 fully saturated rings. The Balaban J connectivity index is 1.86. The van der Waals surface area contributed by atoms with Crippen molar-refractivity contribution in [2.24, 2.45) is 5.41 Å². The number of nitrogens with zero attached hydrogens (tertiary/aromatic N) is 1. The minimum Gasteiger partial charge on any atom is -0.366 e. The van der Waals surface area contributed by atoms with E-state index in [1.165, 1.54) is 0 Å². The van der Waals surface area contributed by atoms with Crippen LogP contribution in [0.15, 0.2) is 39.9 Å². The number of aromatic nitrogens is 2. The molecule has 1 aromatic heterocycles. The van der Waals surface area contributed by atoms with Crippen molar-refractivity contribution in [3.8, 4) is 0 Å². The summed E-state index contributed by atoms with van der Waals surface area (Å²) < 4.78 is 6.32. The number of nitrogens with one attached hydrogen (secondary N) is 2. The number of benzene rings is 1. The van der Waals surface area contributed by atoms with Gasteiger partial charge in [-0.3, -0.25) is 14.6 Å². The Morgan fingerprint density at radius 1 is 1.14 bits per heavy atom. The molecule has 2 aromatic rings. The molecule has 0 aliphatic carbocycles. The maximum Gasteiger partial charge on any atom is 0.325 e. The molecule has 1 amide bonds. The van der Waals surface area contributed by atoms with Crippen LogP contribution in [0.3, 0.4) is 0 Å². The van der Waals surface area contributed by atoms with Crippen LogP contribution < -0.4 is 11.2 Å². The molecule has 0 unspecified atom stereocenters. The smallest absolute Gasteiger partial charge is 0.325 e. The number of ether oxygens (including phenoxy) is 1. The molecule has 2 heterocycles. The third-order valence-corrected chi connectivity index (χ3v) is 5.17. The fourth-order valence-corrected chi connectivity index (χ4v) is 3.39. The summed E-state index contributed by atoms with van der Waals surface area (Å²) >= 11 is 0. The molecular formula is C21H27N3O4. The number of aromatic amines is 2. The standard InChI is InChI=1S/C21H27N3O4/c1-13-15(19(26)23-20(27)22-13)10-18(25)24-11-16(14-8-6-5-7-9-14)28-17(12-24)21(2,3)4/h5-9,16-17H,10-12H2,1-4H3,(H2,22,23,26,27)/t16-,17+/m0/s1. The summed E-state index contributed by atoms with van der Waals surface area (Å²) in [6.07, 6.45) is -0.417. The number of H-pyrrole nitrogens is 2. The van der Waals surface area contributed by atoms with E-state index in [0.717, 1.165) is 5.56 Å². The predicted molar refractivity (Wildman–Crippen MR) is 106 cm³/mol. The summed E-state index contributed by atoms with van der Waals surface area (Å²) in [6.45, 7) is 8.78. The van der Waals surface area contributed by atoms with Gasteiger partial charge in [0.25, 0.3) is 5.56 Å². The number of rotatable bonds is 3. The second kappa shape index (κ2) is 7.75. The van der Waals surface area contributed by atoms with Crippen LogP contribution in [-0.4, -0.2) is 40.0 Å². The van der Waals surface area contributed by atoms with Crippen LogP contribution in [0.1, 0.15) is 43.7 Å². The molecule has 0 bridgehead atoms. The van der Waals surface area contributed by atoms with Gasteiger partial charge in [0.05, 0.1) is 19.1 Å². The van der Waals surface area contributed by atoms with Crippen molar-refractivity contribution in [3.05, 3.63) is 68.0 Å². The zero-order chi connectivity index (χ0) is 20.5. The van der Waals surface area contributed by atoms with E-state index in [0.29, 0.717) is 24.3 Å². The number of carbonyl (C=O) groups is 1. The molecular weight excluding hydrogens is 358 g/mol. The first kappa shape index (κ1) is 20.1. The first-order valence-electron chi connectivity index (χ1n) is 9.45. The van der Waals surface area contributed by atoms with E-state index in [9.17, 15) is 14.4 Å². The van der Waals surface area contributed by atoms with Gasteiger partial charge in [0.1, 0.15) is 6.10 Å². The topological polar surface area (TPSA) is 95.3 Å². The second-order valence-electron chi connectivity index (χ2n) is 8.38. The van der Waals surface area contributed by atoms with E-state index in [1.54, 1.807) is 11.8 Å². The monoisotopic (exact) mass is 385 g/mol. The number of hydrogen-bond acceptors (Lipinski definition) is 4. The average molecular weight is 385 g/mol. The predicted octanol–water partition coefficient (Wildman–Crippen LogP) is 1.93. The molecule has 2 atom stereocenters. The van der Waals surface area contributed by atoms with Gasteiger partial charge in [-0.15, -0.1) is 0 Å². The van der Waals surface area contributed by atoms with Gasteiger partial charge in [0.15, 0.2) is 0 Å². The van der Waals surface area contributed by atoms with E-state index in [-0.39, 0.29) is 30.0 Å². The molecule has 7 heteroatoms. The molecule has 1 aliphatic rings. The molecule has 2 N–H and O–H groups in total. The van der Waals surface area contributed by atoms with Gasteiger partial charge in [-0.1, -0.05) is 51.1 Å². The van der Waals surface area contributed by atoms with Crippen LogP contribution in [0, 0.1) is 12.3 Å². The molecule has 0 spiro atoms. The van der Waals surface area contributed by atoms with Crippen LogP contribution in [-0.2, 0) is 16.0 Å². The largest absolute Gasteiger partial charge is 0.366 e. The van der Waals surface area contributed by atoms with Gasteiger partial charge in [-0.05, 0) is 17.9 Å². The van der Waals surface area contributed by atoms with Crippen LogP contribution >= 0.6 is 0 Å². The molecule has 3 rings (SSSR count). The Kier molecular flexibility index (Phi) is 5.56. The second-order valence-corrected chi connectivity index (χ2v) is 8.38. The zero-order valence-electron chi connectivity index (χ0n) is 16.7. The molecule has 0 radical (unpaired) electrons. The average Bonchev–Trinajstić information content (AvgIpc) is 2.64. The molecule has 150 valence electrons. The fourth-order valence-electron chi connectivity index (χ4n) is 3.39. The van der Waals surface area contributed by atoms with Gasteiger partial charge >= 0.3 is 5.69 Å². The van der Waals surface area contributed by atoms with E-state index >= 15 is 0 Å². The third kappa shape index (κ3) is 4.42. The normalized spacial score (nSPS) is 20.2. The summed E-state index contributed by atoms with van der Waals surface area (Å²) in [6, 6.07) is 9.84. The Labute approximate surface area is 163 Å². The van der Waals surface area contributed by atoms with Crippen LogP contribution in [0.5, 0.6) is 0 Å². The van der Waals surface area contributed by atoms with Crippen LogP contribution in [0.25, 0.3) is 0 Å². The first-order chi connectivity index (χ1) is 13.1. The quantitative estimate of drug-likeness (QED) is 0.844. The number of amides is 1. The Bertz CT molecular complexity index is 956. The molecule has 1 saturated heterocycles. The molecule has 1 aliphatic heterocycles. The molecule has 7 nitrogen and oxygen atoms in total. The van der Waals surface area contributed by atoms with E-state index < -0.39 is 11.2 Å². The minimum atomic E-state index is -0.568. The van der Waals surface area contributed by atoms with E-state index in [4.69, 9.17) is 4.74 Å².